The van der Waals surface area contributed by atoms with Crippen LogP contribution in [0.15, 0.2) is 59.9 Å². The van der Waals surface area contributed by atoms with Gasteiger partial charge in [0.15, 0.2) is 11.0 Å². The second-order valence-electron chi connectivity index (χ2n) is 7.41. The number of hydrogen-bond donors (Lipinski definition) is 2. The molecule has 1 unspecified atom stereocenters. The number of rotatable bonds is 6. The lowest BCUT2D eigenvalue weighted by atomic mass is 10.1. The molecule has 30 heavy (non-hydrogen) atoms. The molecule has 1 amide bonds. The summed E-state index contributed by atoms with van der Waals surface area (Å²) in [7, 11) is 0. The molecule has 6 nitrogen and oxygen atoms in total. The van der Waals surface area contributed by atoms with Crippen LogP contribution < -0.4 is 5.32 Å². The minimum absolute atomic E-state index is 0.0961. The van der Waals surface area contributed by atoms with Gasteiger partial charge in [-0.15, -0.1) is 10.2 Å². The minimum atomic E-state index is -0.332. The quantitative estimate of drug-likeness (QED) is 0.388. The van der Waals surface area contributed by atoms with Gasteiger partial charge in [0.25, 0.3) is 0 Å². The van der Waals surface area contributed by atoms with Crippen LogP contribution in [0.25, 0.3) is 22.3 Å². The molecular weight excluding hydrogens is 418 g/mol. The molecule has 0 saturated heterocycles. The normalized spacial score (nSPS) is 14.7. The van der Waals surface area contributed by atoms with E-state index in [1.54, 1.807) is 12.1 Å². The fourth-order valence-corrected chi connectivity index (χ4v) is 4.59. The number of aromatic amines is 1. The summed E-state index contributed by atoms with van der Waals surface area (Å²) in [5.41, 5.74) is 2.79. The van der Waals surface area contributed by atoms with Gasteiger partial charge in [0.2, 0.25) is 5.91 Å². The summed E-state index contributed by atoms with van der Waals surface area (Å²) in [6, 6.07) is 15.7. The number of nitrogens with one attached hydrogen (secondary N) is 2. The van der Waals surface area contributed by atoms with Gasteiger partial charge in [-0.1, -0.05) is 47.6 Å². The molecule has 2 aromatic heterocycles. The van der Waals surface area contributed by atoms with Crippen molar-refractivity contribution in [1.82, 2.24) is 19.7 Å². The number of H-pyrrole nitrogens is 1. The number of halogens is 1. The average Bonchev–Trinajstić information content (AvgIpc) is 3.35. The Morgan fingerprint density at radius 2 is 2.07 bits per heavy atom. The third-order valence-corrected chi connectivity index (χ3v) is 6.44. The average molecular weight is 438 g/mol. The van der Waals surface area contributed by atoms with Crippen molar-refractivity contribution in [1.29, 1.82) is 0 Å². The van der Waals surface area contributed by atoms with Crippen molar-refractivity contribution in [3.63, 3.8) is 0 Å². The number of benzene rings is 2. The Morgan fingerprint density at radius 1 is 1.23 bits per heavy atom. The van der Waals surface area contributed by atoms with Crippen LogP contribution in [0.4, 0.5) is 5.69 Å². The number of amides is 1. The molecule has 2 N–H and O–H groups in total. The molecule has 2 aromatic carbocycles. The molecular formula is C22H20ClN5OS. The summed E-state index contributed by atoms with van der Waals surface area (Å²) in [4.78, 5) is 16.0. The summed E-state index contributed by atoms with van der Waals surface area (Å²) >= 11 is 7.44. The summed E-state index contributed by atoms with van der Waals surface area (Å²) in [6.45, 7) is 1.88. The molecule has 1 aliphatic rings. The smallest absolute Gasteiger partial charge is 0.237 e. The highest BCUT2D eigenvalue weighted by Gasteiger charge is 2.32. The van der Waals surface area contributed by atoms with Crippen LogP contribution in [0, 0.1) is 0 Å². The predicted molar refractivity (Wildman–Crippen MR) is 121 cm³/mol. The fourth-order valence-electron chi connectivity index (χ4n) is 3.48. The lowest BCUT2D eigenvalue weighted by Crippen LogP contribution is -2.22. The van der Waals surface area contributed by atoms with E-state index in [9.17, 15) is 4.79 Å². The highest BCUT2D eigenvalue weighted by atomic mass is 35.5. The molecule has 5 rings (SSSR count). The van der Waals surface area contributed by atoms with Gasteiger partial charge in [-0.25, -0.2) is 0 Å². The first-order valence-corrected chi connectivity index (χ1v) is 11.1. The Labute approximate surface area is 183 Å². The van der Waals surface area contributed by atoms with Gasteiger partial charge in [0.1, 0.15) is 0 Å². The number of fused-ring (bicyclic) bond motifs is 1. The van der Waals surface area contributed by atoms with E-state index in [-0.39, 0.29) is 11.2 Å². The number of hydrogen-bond acceptors (Lipinski definition) is 4. The van der Waals surface area contributed by atoms with E-state index in [0.717, 1.165) is 40.3 Å². The summed E-state index contributed by atoms with van der Waals surface area (Å²) < 4.78 is 2.18. The number of anilines is 1. The van der Waals surface area contributed by atoms with Crippen molar-refractivity contribution in [3.8, 4) is 11.4 Å². The molecule has 1 saturated carbocycles. The molecule has 152 valence electrons. The fraction of sp³-hybridized carbons (Fsp3) is 0.227. The van der Waals surface area contributed by atoms with Gasteiger partial charge in [0, 0.05) is 39.4 Å². The van der Waals surface area contributed by atoms with Gasteiger partial charge in [-0.2, -0.15) is 0 Å². The first-order valence-electron chi connectivity index (χ1n) is 9.84. The summed E-state index contributed by atoms with van der Waals surface area (Å²) in [6.07, 6.45) is 4.19. The van der Waals surface area contributed by atoms with Crippen molar-refractivity contribution in [2.24, 2.45) is 0 Å². The first kappa shape index (κ1) is 19.2. The van der Waals surface area contributed by atoms with Crippen molar-refractivity contribution >= 4 is 45.9 Å². The maximum atomic E-state index is 12.7. The zero-order valence-corrected chi connectivity index (χ0v) is 17.9. The van der Waals surface area contributed by atoms with Crippen molar-refractivity contribution in [2.75, 3.05) is 5.32 Å². The molecule has 1 atom stereocenters. The molecule has 0 aliphatic heterocycles. The highest BCUT2D eigenvalue weighted by molar-refractivity contribution is 8.00. The second-order valence-corrected chi connectivity index (χ2v) is 9.16. The number of carbonyl (C=O) groups excluding carboxylic acids is 1. The highest BCUT2D eigenvalue weighted by Crippen LogP contribution is 2.42. The van der Waals surface area contributed by atoms with E-state index >= 15 is 0 Å². The van der Waals surface area contributed by atoms with Crippen LogP contribution in [0.1, 0.15) is 25.8 Å². The molecule has 0 radical (unpaired) electrons. The Kier molecular flexibility index (Phi) is 5.00. The molecule has 8 heteroatoms. The van der Waals surface area contributed by atoms with Gasteiger partial charge >= 0.3 is 0 Å². The first-order chi connectivity index (χ1) is 14.6. The van der Waals surface area contributed by atoms with Gasteiger partial charge in [-0.05, 0) is 44.0 Å². The summed E-state index contributed by atoms with van der Waals surface area (Å²) in [5.74, 6) is 0.751. The van der Waals surface area contributed by atoms with Crippen LogP contribution in [-0.4, -0.2) is 30.9 Å². The second kappa shape index (κ2) is 7.81. The third-order valence-electron chi connectivity index (χ3n) is 5.15. The van der Waals surface area contributed by atoms with Crippen molar-refractivity contribution in [2.45, 2.75) is 36.2 Å². The molecule has 0 bridgehead atoms. The molecule has 0 spiro atoms. The van der Waals surface area contributed by atoms with E-state index in [0.29, 0.717) is 16.8 Å². The molecule has 1 fully saturated rings. The molecule has 4 aromatic rings. The van der Waals surface area contributed by atoms with E-state index in [2.05, 4.69) is 37.2 Å². The lowest BCUT2D eigenvalue weighted by Gasteiger charge is -2.13. The van der Waals surface area contributed by atoms with Crippen LogP contribution in [0.5, 0.6) is 0 Å². The van der Waals surface area contributed by atoms with Crippen LogP contribution >= 0.6 is 23.4 Å². The third kappa shape index (κ3) is 3.70. The number of thioether (sulfide) groups is 1. The predicted octanol–water partition coefficient (Wildman–Crippen LogP) is 5.53. The van der Waals surface area contributed by atoms with E-state index in [1.807, 2.05) is 37.4 Å². The molecule has 2 heterocycles. The minimum Gasteiger partial charge on any atom is -0.360 e. The number of carbonyl (C=O) groups is 1. The summed E-state index contributed by atoms with van der Waals surface area (Å²) in [5, 5.41) is 14.0. The van der Waals surface area contributed by atoms with Crippen molar-refractivity contribution < 1.29 is 4.79 Å². The Hall–Kier alpha value is -2.77. The topological polar surface area (TPSA) is 75.6 Å². The maximum Gasteiger partial charge on any atom is 0.237 e. The Bertz CT molecular complexity index is 1230. The van der Waals surface area contributed by atoms with Gasteiger partial charge in [-0.3, -0.25) is 9.36 Å². The van der Waals surface area contributed by atoms with Gasteiger partial charge < -0.3 is 10.3 Å². The SMILES string of the molecule is CC(Sc1nnc(-c2c[nH]c3ccccc23)n1C1CC1)C(=O)Nc1cccc(Cl)c1. The lowest BCUT2D eigenvalue weighted by molar-refractivity contribution is -0.115. The largest absolute Gasteiger partial charge is 0.360 e. The number of nitrogens with zero attached hydrogens (tertiary/aromatic N) is 3. The zero-order chi connectivity index (χ0) is 20.7. The van der Waals surface area contributed by atoms with Gasteiger partial charge in [0.05, 0.1) is 5.25 Å². The van der Waals surface area contributed by atoms with E-state index < -0.39 is 0 Å². The van der Waals surface area contributed by atoms with Crippen LogP contribution in [-0.2, 0) is 4.79 Å². The molecule has 1 aliphatic carbocycles. The maximum absolute atomic E-state index is 12.7. The van der Waals surface area contributed by atoms with Crippen LogP contribution in [0.2, 0.25) is 5.02 Å². The van der Waals surface area contributed by atoms with Crippen LogP contribution in [0.3, 0.4) is 0 Å². The van der Waals surface area contributed by atoms with E-state index in [4.69, 9.17) is 11.6 Å². The van der Waals surface area contributed by atoms with E-state index in [1.165, 1.54) is 11.8 Å². The number of para-hydroxylation sites is 1. The zero-order valence-electron chi connectivity index (χ0n) is 16.3. The standard InChI is InChI=1S/C22H20ClN5OS/c1-13(21(29)25-15-6-4-5-14(23)11-15)30-22-27-26-20(28(22)16-9-10-16)18-12-24-19-8-3-2-7-17(18)19/h2-8,11-13,16,24H,9-10H2,1H3,(H,25,29). The van der Waals surface area contributed by atoms with Crippen molar-refractivity contribution in [3.05, 3.63) is 59.8 Å². The number of aromatic nitrogens is 4. The monoisotopic (exact) mass is 437 g/mol. The Balaban J connectivity index is 1.41. The Morgan fingerprint density at radius 3 is 2.87 bits per heavy atom.